The Bertz CT molecular complexity index is 1010. The maximum atomic E-state index is 12.9. The number of ether oxygens (including phenoxy) is 1. The van der Waals surface area contributed by atoms with Gasteiger partial charge in [-0.3, -0.25) is 24.0 Å². The number of rotatable bonds is 17. The van der Waals surface area contributed by atoms with Crippen LogP contribution in [0.4, 0.5) is 10.5 Å². The molecule has 0 aromatic heterocycles. The molecule has 1 atom stereocenters. The molecule has 1 rings (SSSR count). The summed E-state index contributed by atoms with van der Waals surface area (Å²) < 4.78 is 5.32. The predicted octanol–water partition coefficient (Wildman–Crippen LogP) is -0.0254. The van der Waals surface area contributed by atoms with Gasteiger partial charge in [0.2, 0.25) is 30.0 Å². The molecule has 0 aliphatic heterocycles. The van der Waals surface area contributed by atoms with E-state index in [4.69, 9.17) is 15.3 Å². The summed E-state index contributed by atoms with van der Waals surface area (Å²) in [7, 11) is 7.31. The first-order chi connectivity index (χ1) is 22.4. The van der Waals surface area contributed by atoms with Gasteiger partial charge in [0.15, 0.2) is 0 Å². The van der Waals surface area contributed by atoms with Gasteiger partial charge in [0, 0.05) is 25.8 Å². The second-order valence-electron chi connectivity index (χ2n) is 9.93. The molecular weight excluding hydrogens is 610 g/mol. The van der Waals surface area contributed by atoms with Crippen LogP contribution in [-0.4, -0.2) is 119 Å². The smallest absolute Gasteiger partial charge is 0.409 e. The van der Waals surface area contributed by atoms with Crippen molar-refractivity contribution in [1.29, 1.82) is 0 Å². The lowest BCUT2D eigenvalue weighted by Gasteiger charge is -2.19. The van der Waals surface area contributed by atoms with Crippen LogP contribution in [0.5, 0.6) is 0 Å². The van der Waals surface area contributed by atoms with Crippen molar-refractivity contribution in [2.24, 2.45) is 11.5 Å². The maximum Gasteiger partial charge on any atom is 0.409 e. The number of benzene rings is 1. The molecule has 0 fully saturated rings. The first kappa shape index (κ1) is 47.1. The van der Waals surface area contributed by atoms with E-state index in [0.717, 1.165) is 12.1 Å². The molecule has 16 heteroatoms. The Hall–Kier alpha value is -4.28. The van der Waals surface area contributed by atoms with E-state index in [1.165, 1.54) is 11.3 Å². The number of anilines is 1. The molecule has 6 amide bonds. The Morgan fingerprint density at radius 1 is 0.915 bits per heavy atom. The number of carbonyl (C=O) groups excluding carboxylic acids is 6. The molecule has 1 aromatic carbocycles. The molecule has 270 valence electrons. The number of likely N-dealkylation sites (N-methyl/N-ethyl adjacent to an activating group) is 2. The number of nitrogens with two attached hydrogens (primary N) is 2. The minimum absolute atomic E-state index is 0.0870. The van der Waals surface area contributed by atoms with E-state index in [2.05, 4.69) is 46.2 Å². The van der Waals surface area contributed by atoms with Crippen molar-refractivity contribution < 1.29 is 33.5 Å². The summed E-state index contributed by atoms with van der Waals surface area (Å²) >= 11 is 0. The van der Waals surface area contributed by atoms with Crippen LogP contribution < -0.4 is 38.1 Å². The third kappa shape index (κ3) is 27.7. The van der Waals surface area contributed by atoms with E-state index in [-0.39, 0.29) is 32.7 Å². The molecular formula is C31H59N9O7. The second-order valence-corrected chi connectivity index (χ2v) is 9.93. The molecule has 9 N–H and O–H groups in total. The molecule has 16 nitrogen and oxygen atoms in total. The summed E-state index contributed by atoms with van der Waals surface area (Å²) in [5, 5.41) is 13.1. The van der Waals surface area contributed by atoms with Gasteiger partial charge in [-0.15, -0.1) is 0 Å². The van der Waals surface area contributed by atoms with E-state index in [1.807, 2.05) is 32.8 Å². The first-order valence-electron chi connectivity index (χ1n) is 15.6. The van der Waals surface area contributed by atoms with E-state index >= 15 is 0 Å². The topological polar surface area (TPSA) is 230 Å². The van der Waals surface area contributed by atoms with Gasteiger partial charge in [-0.1, -0.05) is 46.2 Å². The average Bonchev–Trinajstić information content (AvgIpc) is 3.05. The van der Waals surface area contributed by atoms with Gasteiger partial charge in [0.05, 0.1) is 19.6 Å². The molecule has 1 aromatic rings. The quantitative estimate of drug-likeness (QED) is 0.0865. The molecule has 0 saturated heterocycles. The van der Waals surface area contributed by atoms with Crippen LogP contribution in [0.2, 0.25) is 0 Å². The zero-order valence-electron chi connectivity index (χ0n) is 29.4. The Labute approximate surface area is 280 Å². The molecule has 0 bridgehead atoms. The van der Waals surface area contributed by atoms with Crippen molar-refractivity contribution in [3.05, 3.63) is 29.8 Å². The van der Waals surface area contributed by atoms with Crippen LogP contribution in [0.15, 0.2) is 24.3 Å². The van der Waals surface area contributed by atoms with Crippen molar-refractivity contribution in [1.82, 2.24) is 31.1 Å². The summed E-state index contributed by atoms with van der Waals surface area (Å²) in [5.41, 5.74) is 10.6. The van der Waals surface area contributed by atoms with Gasteiger partial charge in [-0.05, 0) is 58.2 Å². The number of carbonyl (C=O) groups is 6. The SMILES string of the molecule is CC.CCC.CNCCCC(NC(=O)CNC(=O)CNC(=O)CN)C(=O)Nc1ccc(COC(=O)N(C)CCN(C)C)cc1.NC=O. The molecule has 47 heavy (non-hydrogen) atoms. The number of hydrogen-bond donors (Lipinski definition) is 7. The number of nitrogens with zero attached hydrogens (tertiary/aromatic N) is 2. The highest BCUT2D eigenvalue weighted by molar-refractivity contribution is 5.98. The van der Waals surface area contributed by atoms with Gasteiger partial charge in [-0.25, -0.2) is 4.79 Å². The molecule has 0 spiro atoms. The minimum atomic E-state index is -0.835. The minimum Gasteiger partial charge on any atom is -0.445 e. The van der Waals surface area contributed by atoms with E-state index < -0.39 is 35.8 Å². The van der Waals surface area contributed by atoms with Crippen LogP contribution in [0.1, 0.15) is 52.5 Å². The predicted molar refractivity (Wildman–Crippen MR) is 184 cm³/mol. The number of hydrogen-bond acceptors (Lipinski definition) is 10. The van der Waals surface area contributed by atoms with Crippen molar-refractivity contribution in [3.8, 4) is 0 Å². The Morgan fingerprint density at radius 3 is 1.96 bits per heavy atom. The summed E-state index contributed by atoms with van der Waals surface area (Å²) in [6, 6.07) is 5.99. The first-order valence-corrected chi connectivity index (χ1v) is 15.6. The lowest BCUT2D eigenvalue weighted by atomic mass is 10.1. The van der Waals surface area contributed by atoms with Crippen molar-refractivity contribution >= 4 is 41.8 Å². The number of amides is 6. The zero-order valence-corrected chi connectivity index (χ0v) is 29.4. The van der Waals surface area contributed by atoms with Crippen molar-refractivity contribution in [3.63, 3.8) is 0 Å². The van der Waals surface area contributed by atoms with Gasteiger partial charge in [0.1, 0.15) is 12.6 Å². The summed E-state index contributed by atoms with van der Waals surface area (Å²) in [4.78, 5) is 72.3. The zero-order chi connectivity index (χ0) is 36.6. The highest BCUT2D eigenvalue weighted by Crippen LogP contribution is 2.12. The van der Waals surface area contributed by atoms with Gasteiger partial charge >= 0.3 is 6.09 Å². The van der Waals surface area contributed by atoms with Gasteiger partial charge < -0.3 is 52.6 Å². The fraction of sp³-hybridized carbons (Fsp3) is 0.613. The number of nitrogens with one attached hydrogen (secondary N) is 5. The van der Waals surface area contributed by atoms with Crippen LogP contribution in [-0.2, 0) is 35.3 Å². The Kier molecular flexibility index (Phi) is 31.8. The standard InChI is InChI=1S/C25H42N8O6.C3H8.C2H6.CH3NO/c1-27-11-5-6-20(31-23(36)16-29-22(35)15-28-21(34)14-26)24(37)30-19-9-7-18(8-10-19)17-39-25(38)33(4)13-12-32(2)3;1-3-2;1-2;2-1-3/h7-10,20,27H,5-6,11-17,26H2,1-4H3,(H,28,34)(H,29,35)(H,30,37)(H,31,36);3H2,1-2H3;1-2H3;1H,(H2,2,3). The largest absolute Gasteiger partial charge is 0.445 e. The van der Waals surface area contributed by atoms with E-state index in [1.54, 1.807) is 38.4 Å². The molecule has 1 unspecified atom stereocenters. The second kappa shape index (κ2) is 31.7. The molecule has 0 heterocycles. The third-order valence-corrected chi connectivity index (χ3v) is 5.43. The highest BCUT2D eigenvalue weighted by atomic mass is 16.6. The monoisotopic (exact) mass is 669 g/mol. The fourth-order valence-corrected chi connectivity index (χ4v) is 3.10. The van der Waals surface area contributed by atoms with Crippen LogP contribution in [0, 0.1) is 0 Å². The highest BCUT2D eigenvalue weighted by Gasteiger charge is 2.21. The lowest BCUT2D eigenvalue weighted by Crippen LogP contribution is -2.48. The average molecular weight is 670 g/mol. The van der Waals surface area contributed by atoms with Crippen molar-refractivity contribution in [2.75, 3.05) is 72.8 Å². The van der Waals surface area contributed by atoms with Crippen LogP contribution >= 0.6 is 0 Å². The Morgan fingerprint density at radius 2 is 1.45 bits per heavy atom. The molecule has 0 aliphatic carbocycles. The molecule has 0 saturated carbocycles. The number of primary amides is 1. The summed E-state index contributed by atoms with van der Waals surface area (Å²) in [6.07, 6.45) is 2.07. The lowest BCUT2D eigenvalue weighted by molar-refractivity contribution is -0.128. The maximum absolute atomic E-state index is 12.9. The van der Waals surface area contributed by atoms with Crippen LogP contribution in [0.3, 0.4) is 0 Å². The molecule has 0 aliphatic rings. The van der Waals surface area contributed by atoms with Crippen LogP contribution in [0.25, 0.3) is 0 Å². The van der Waals surface area contributed by atoms with Gasteiger partial charge in [-0.2, -0.15) is 0 Å². The fourth-order valence-electron chi connectivity index (χ4n) is 3.10. The summed E-state index contributed by atoms with van der Waals surface area (Å²) in [6.45, 7) is 9.34. The van der Waals surface area contributed by atoms with Gasteiger partial charge in [0.25, 0.3) is 0 Å². The van der Waals surface area contributed by atoms with E-state index in [9.17, 15) is 24.0 Å². The third-order valence-electron chi connectivity index (χ3n) is 5.43. The van der Waals surface area contributed by atoms with Crippen molar-refractivity contribution in [2.45, 2.75) is 59.6 Å². The molecule has 0 radical (unpaired) electrons. The van der Waals surface area contributed by atoms with E-state index in [0.29, 0.717) is 31.6 Å². The summed E-state index contributed by atoms with van der Waals surface area (Å²) in [5.74, 6) is -2.02. The Balaban J connectivity index is -0.00000219. The normalized spacial score (nSPS) is 10.2.